The molecular weight excluding hydrogens is 298 g/mol. The van der Waals surface area contributed by atoms with Gasteiger partial charge in [-0.25, -0.2) is 8.42 Å². The Morgan fingerprint density at radius 2 is 2.19 bits per heavy atom. The van der Waals surface area contributed by atoms with Crippen LogP contribution in [0.3, 0.4) is 0 Å². The maximum Gasteiger partial charge on any atom is 0.304 e. The van der Waals surface area contributed by atoms with E-state index in [0.717, 1.165) is 12.8 Å². The maximum atomic E-state index is 11.7. The van der Waals surface area contributed by atoms with Crippen LogP contribution in [0.2, 0.25) is 0 Å². The van der Waals surface area contributed by atoms with Crippen LogP contribution >= 0.6 is 0 Å². The Kier molecular flexibility index (Phi) is 3.70. The predicted molar refractivity (Wildman–Crippen MR) is 71.4 cm³/mol. The molecule has 8 nitrogen and oxygen atoms in total. The van der Waals surface area contributed by atoms with Gasteiger partial charge in [-0.15, -0.1) is 0 Å². The Morgan fingerprint density at radius 3 is 2.86 bits per heavy atom. The first-order valence-corrected chi connectivity index (χ1v) is 8.74. The number of rotatable bonds is 5. The molecule has 0 amide bonds. The highest BCUT2D eigenvalue weighted by molar-refractivity contribution is 7.91. The first kappa shape index (κ1) is 14.5. The highest BCUT2D eigenvalue weighted by Gasteiger charge is 2.34. The number of carbonyl (C=O) groups is 1. The van der Waals surface area contributed by atoms with Crippen molar-refractivity contribution in [1.82, 2.24) is 15.0 Å². The lowest BCUT2D eigenvalue weighted by Gasteiger charge is -2.33. The smallest absolute Gasteiger partial charge is 0.304 e. The Balaban J connectivity index is 1.70. The monoisotopic (exact) mass is 315 g/mol. The van der Waals surface area contributed by atoms with Gasteiger partial charge in [-0.2, -0.15) is 4.98 Å². The number of nitrogens with zero attached hydrogens (tertiary/aromatic N) is 3. The van der Waals surface area contributed by atoms with Crippen molar-refractivity contribution in [3.05, 3.63) is 11.7 Å². The van der Waals surface area contributed by atoms with Crippen molar-refractivity contribution in [3.63, 3.8) is 0 Å². The molecule has 1 aromatic heterocycles. The lowest BCUT2D eigenvalue weighted by molar-refractivity contribution is -0.138. The molecule has 0 bridgehead atoms. The molecule has 1 aliphatic heterocycles. The van der Waals surface area contributed by atoms with Crippen molar-refractivity contribution < 1.29 is 22.8 Å². The van der Waals surface area contributed by atoms with Gasteiger partial charge in [-0.3, -0.25) is 9.69 Å². The van der Waals surface area contributed by atoms with E-state index in [-0.39, 0.29) is 17.9 Å². The summed E-state index contributed by atoms with van der Waals surface area (Å²) in [6.07, 6.45) is 1.94. The van der Waals surface area contributed by atoms with Crippen molar-refractivity contribution in [2.45, 2.75) is 37.8 Å². The van der Waals surface area contributed by atoms with E-state index in [0.29, 0.717) is 30.7 Å². The molecule has 2 heterocycles. The SMILES string of the molecule is O=C(O)CC1CS(=O)(=O)CCN1Cc1nc(C2CC2)no1. The molecule has 0 aromatic carbocycles. The van der Waals surface area contributed by atoms with Crippen molar-refractivity contribution >= 4 is 15.8 Å². The molecule has 1 atom stereocenters. The molecule has 1 saturated heterocycles. The second kappa shape index (κ2) is 5.38. The summed E-state index contributed by atoms with van der Waals surface area (Å²) in [5.41, 5.74) is 0. The molecule has 1 saturated carbocycles. The Bertz CT molecular complexity index is 637. The van der Waals surface area contributed by atoms with Crippen molar-refractivity contribution in [1.29, 1.82) is 0 Å². The average molecular weight is 315 g/mol. The molecule has 1 aliphatic carbocycles. The second-order valence-corrected chi connectivity index (χ2v) is 7.89. The standard InChI is InChI=1S/C12H17N3O5S/c16-11(17)5-9-7-21(18,19)4-3-15(9)6-10-13-12(14-20-10)8-1-2-8/h8-9H,1-7H2,(H,16,17). The van der Waals surface area contributed by atoms with Gasteiger partial charge in [-0.05, 0) is 12.8 Å². The summed E-state index contributed by atoms with van der Waals surface area (Å²) in [6, 6.07) is -0.544. The molecule has 1 unspecified atom stereocenters. The highest BCUT2D eigenvalue weighted by atomic mass is 32.2. The zero-order valence-corrected chi connectivity index (χ0v) is 12.3. The van der Waals surface area contributed by atoms with Gasteiger partial charge in [0.05, 0.1) is 24.5 Å². The van der Waals surface area contributed by atoms with Gasteiger partial charge in [0.2, 0.25) is 5.89 Å². The van der Waals surface area contributed by atoms with Crippen LogP contribution in [0.5, 0.6) is 0 Å². The van der Waals surface area contributed by atoms with E-state index in [1.54, 1.807) is 4.90 Å². The van der Waals surface area contributed by atoms with Gasteiger partial charge in [0.1, 0.15) is 0 Å². The van der Waals surface area contributed by atoms with E-state index >= 15 is 0 Å². The molecule has 1 N–H and O–H groups in total. The average Bonchev–Trinajstić information content (AvgIpc) is 3.12. The number of aliphatic carboxylic acids is 1. The summed E-state index contributed by atoms with van der Waals surface area (Å²) in [4.78, 5) is 17.0. The minimum Gasteiger partial charge on any atom is -0.481 e. The van der Waals surface area contributed by atoms with Crippen LogP contribution in [-0.2, 0) is 21.2 Å². The number of aromatic nitrogens is 2. The molecule has 9 heteroatoms. The van der Waals surface area contributed by atoms with E-state index in [1.807, 2.05) is 0 Å². The van der Waals surface area contributed by atoms with Gasteiger partial charge in [0, 0.05) is 18.5 Å². The third-order valence-electron chi connectivity index (χ3n) is 3.83. The number of carboxylic acids is 1. The summed E-state index contributed by atoms with van der Waals surface area (Å²) in [6.45, 7) is 0.592. The van der Waals surface area contributed by atoms with Crippen LogP contribution in [0.25, 0.3) is 0 Å². The van der Waals surface area contributed by atoms with E-state index in [1.165, 1.54) is 0 Å². The molecular formula is C12H17N3O5S. The summed E-state index contributed by atoms with van der Waals surface area (Å²) in [5.74, 6) is 0.400. The molecule has 21 heavy (non-hydrogen) atoms. The summed E-state index contributed by atoms with van der Waals surface area (Å²) >= 11 is 0. The summed E-state index contributed by atoms with van der Waals surface area (Å²) in [5, 5.41) is 12.8. The fourth-order valence-electron chi connectivity index (χ4n) is 2.53. The van der Waals surface area contributed by atoms with Crippen LogP contribution in [0, 0.1) is 0 Å². The van der Waals surface area contributed by atoms with E-state index in [2.05, 4.69) is 10.1 Å². The molecule has 2 aliphatic rings. The Hall–Kier alpha value is -1.48. The molecule has 116 valence electrons. The molecule has 0 spiro atoms. The van der Waals surface area contributed by atoms with Gasteiger partial charge in [-0.1, -0.05) is 5.16 Å². The third-order valence-corrected chi connectivity index (χ3v) is 5.52. The Morgan fingerprint density at radius 1 is 1.43 bits per heavy atom. The maximum absolute atomic E-state index is 11.7. The summed E-state index contributed by atoms with van der Waals surface area (Å²) < 4.78 is 28.5. The fourth-order valence-corrected chi connectivity index (χ4v) is 4.13. The van der Waals surface area contributed by atoms with E-state index in [9.17, 15) is 13.2 Å². The van der Waals surface area contributed by atoms with Gasteiger partial charge in [0.25, 0.3) is 0 Å². The molecule has 3 rings (SSSR count). The van der Waals surface area contributed by atoms with Crippen molar-refractivity contribution in [3.8, 4) is 0 Å². The van der Waals surface area contributed by atoms with Crippen molar-refractivity contribution in [2.24, 2.45) is 0 Å². The zero-order chi connectivity index (χ0) is 15.0. The molecule has 1 aromatic rings. The van der Waals surface area contributed by atoms with Gasteiger partial charge in [0.15, 0.2) is 15.7 Å². The number of sulfone groups is 1. The van der Waals surface area contributed by atoms with Crippen LogP contribution in [0.1, 0.15) is 36.9 Å². The normalized spacial score (nSPS) is 25.8. The largest absolute Gasteiger partial charge is 0.481 e. The highest BCUT2D eigenvalue weighted by Crippen LogP contribution is 2.38. The predicted octanol–water partition coefficient (Wildman–Crippen LogP) is 0.0207. The fraction of sp³-hybridized carbons (Fsp3) is 0.750. The minimum absolute atomic E-state index is 0.0345. The Labute approximate surface area is 122 Å². The number of carboxylic acid groups (broad SMARTS) is 1. The second-order valence-electron chi connectivity index (χ2n) is 5.66. The topological polar surface area (TPSA) is 114 Å². The third kappa shape index (κ3) is 3.59. The van der Waals surface area contributed by atoms with Gasteiger partial charge >= 0.3 is 5.97 Å². The number of hydrogen-bond acceptors (Lipinski definition) is 7. The van der Waals surface area contributed by atoms with Crippen LogP contribution in [-0.4, -0.2) is 58.6 Å². The summed E-state index contributed by atoms with van der Waals surface area (Å²) in [7, 11) is -3.17. The quantitative estimate of drug-likeness (QED) is 0.809. The lowest BCUT2D eigenvalue weighted by Crippen LogP contribution is -2.48. The zero-order valence-electron chi connectivity index (χ0n) is 11.4. The lowest BCUT2D eigenvalue weighted by atomic mass is 10.2. The first-order chi connectivity index (χ1) is 9.93. The minimum atomic E-state index is -3.17. The van der Waals surface area contributed by atoms with Crippen LogP contribution < -0.4 is 0 Å². The van der Waals surface area contributed by atoms with Crippen LogP contribution in [0.4, 0.5) is 0 Å². The molecule has 2 fully saturated rings. The molecule has 0 radical (unpaired) electrons. The number of hydrogen-bond donors (Lipinski definition) is 1. The van der Waals surface area contributed by atoms with Gasteiger partial charge < -0.3 is 9.63 Å². The van der Waals surface area contributed by atoms with E-state index in [4.69, 9.17) is 9.63 Å². The van der Waals surface area contributed by atoms with E-state index < -0.39 is 21.8 Å². The van der Waals surface area contributed by atoms with Crippen molar-refractivity contribution in [2.75, 3.05) is 18.1 Å². The van der Waals surface area contributed by atoms with Crippen LogP contribution in [0.15, 0.2) is 4.52 Å². The first-order valence-electron chi connectivity index (χ1n) is 6.92.